The molecular formula is C21H20N2O4. The van der Waals surface area contributed by atoms with Crippen molar-refractivity contribution in [1.82, 2.24) is 9.80 Å². The Hall–Kier alpha value is -3.15. The molecule has 2 aromatic rings. The predicted molar refractivity (Wildman–Crippen MR) is 99.1 cm³/mol. The number of carbonyl (C=O) groups excluding carboxylic acids is 3. The lowest BCUT2D eigenvalue weighted by molar-refractivity contribution is -0.126. The minimum atomic E-state index is -0.587. The number of aryl methyl sites for hydroxylation is 1. The van der Waals surface area contributed by atoms with Crippen LogP contribution in [0, 0.1) is 12.8 Å². The molecule has 138 valence electrons. The summed E-state index contributed by atoms with van der Waals surface area (Å²) in [4.78, 5) is 38.5. The van der Waals surface area contributed by atoms with Gasteiger partial charge in [-0.3, -0.25) is 9.59 Å². The van der Waals surface area contributed by atoms with Gasteiger partial charge in [0.15, 0.2) is 6.61 Å². The van der Waals surface area contributed by atoms with E-state index in [0.717, 1.165) is 16.0 Å². The van der Waals surface area contributed by atoms with Gasteiger partial charge in [-0.25, -0.2) is 9.69 Å². The molecule has 2 fully saturated rings. The summed E-state index contributed by atoms with van der Waals surface area (Å²) in [6.45, 7) is 3.26. The third kappa shape index (κ3) is 3.43. The molecule has 2 aliphatic heterocycles. The number of rotatable bonds is 4. The van der Waals surface area contributed by atoms with Crippen molar-refractivity contribution < 1.29 is 19.1 Å². The van der Waals surface area contributed by atoms with Crippen LogP contribution in [0.15, 0.2) is 48.5 Å². The molecule has 2 saturated heterocycles. The molecule has 0 N–H and O–H groups in total. The number of imide groups is 1. The van der Waals surface area contributed by atoms with Crippen LogP contribution in [0.2, 0.25) is 0 Å². The molecule has 27 heavy (non-hydrogen) atoms. The van der Waals surface area contributed by atoms with Crippen LogP contribution in [-0.4, -0.2) is 53.9 Å². The molecule has 2 heterocycles. The fourth-order valence-corrected chi connectivity index (χ4v) is 3.40. The average molecular weight is 364 g/mol. The van der Waals surface area contributed by atoms with Crippen LogP contribution in [-0.2, 0) is 9.53 Å². The van der Waals surface area contributed by atoms with Gasteiger partial charge in [-0.2, -0.15) is 0 Å². The second-order valence-electron chi connectivity index (χ2n) is 7.08. The van der Waals surface area contributed by atoms with Gasteiger partial charge in [-0.1, -0.05) is 42.0 Å². The number of hydrogen-bond acceptors (Lipinski definition) is 4. The highest BCUT2D eigenvalue weighted by Gasteiger charge is 2.38. The fraction of sp³-hybridized carbons (Fsp3) is 0.286. The predicted octanol–water partition coefficient (Wildman–Crippen LogP) is 2.71. The molecule has 6 heteroatoms. The molecule has 0 aliphatic carbocycles. The zero-order valence-corrected chi connectivity index (χ0v) is 15.1. The second kappa shape index (κ2) is 6.87. The van der Waals surface area contributed by atoms with Crippen molar-refractivity contribution in [2.24, 2.45) is 5.92 Å². The molecule has 6 nitrogen and oxygen atoms in total. The lowest BCUT2D eigenvalue weighted by Gasteiger charge is -2.40. The monoisotopic (exact) mass is 364 g/mol. The Morgan fingerprint density at radius 3 is 2.15 bits per heavy atom. The third-order valence-corrected chi connectivity index (χ3v) is 5.04. The molecule has 0 saturated carbocycles. The van der Waals surface area contributed by atoms with Gasteiger partial charge in [-0.05, 0) is 30.2 Å². The van der Waals surface area contributed by atoms with E-state index in [2.05, 4.69) is 31.2 Å². The number of likely N-dealkylation sites (tertiary alicyclic amines) is 1. The third-order valence-electron chi connectivity index (χ3n) is 5.04. The number of cyclic esters (lactones) is 1. The second-order valence-corrected chi connectivity index (χ2v) is 7.08. The summed E-state index contributed by atoms with van der Waals surface area (Å²) in [5.74, 6) is -0.233. The highest BCUT2D eigenvalue weighted by molar-refractivity contribution is 5.98. The van der Waals surface area contributed by atoms with E-state index in [9.17, 15) is 14.4 Å². The first-order chi connectivity index (χ1) is 13.0. The molecule has 2 aromatic carbocycles. The van der Waals surface area contributed by atoms with Crippen LogP contribution in [0.4, 0.5) is 4.79 Å². The number of carbonyl (C=O) groups is 3. The normalized spacial score (nSPS) is 17.1. The first-order valence-electron chi connectivity index (χ1n) is 8.95. The van der Waals surface area contributed by atoms with Crippen molar-refractivity contribution in [2.45, 2.75) is 6.92 Å². The molecule has 0 radical (unpaired) electrons. The number of benzene rings is 2. The van der Waals surface area contributed by atoms with Gasteiger partial charge in [0, 0.05) is 31.1 Å². The van der Waals surface area contributed by atoms with E-state index in [1.807, 2.05) is 24.3 Å². The van der Waals surface area contributed by atoms with Crippen LogP contribution in [0.25, 0.3) is 11.1 Å². The van der Waals surface area contributed by atoms with E-state index in [-0.39, 0.29) is 24.3 Å². The van der Waals surface area contributed by atoms with Gasteiger partial charge < -0.3 is 9.64 Å². The summed E-state index contributed by atoms with van der Waals surface area (Å²) in [5.41, 5.74) is 4.03. The smallest absolute Gasteiger partial charge is 0.417 e. The van der Waals surface area contributed by atoms with E-state index in [4.69, 9.17) is 4.74 Å². The first kappa shape index (κ1) is 17.3. The van der Waals surface area contributed by atoms with Gasteiger partial charge >= 0.3 is 6.09 Å². The number of nitrogens with zero attached hydrogens (tertiary/aromatic N) is 2. The van der Waals surface area contributed by atoms with Crippen LogP contribution >= 0.6 is 0 Å². The summed E-state index contributed by atoms with van der Waals surface area (Å²) < 4.78 is 4.70. The maximum Gasteiger partial charge on any atom is 0.417 e. The van der Waals surface area contributed by atoms with E-state index in [1.54, 1.807) is 4.90 Å². The molecular weight excluding hydrogens is 344 g/mol. The largest absolute Gasteiger partial charge is 0.439 e. The molecule has 0 atom stereocenters. The van der Waals surface area contributed by atoms with Crippen LogP contribution in [0.1, 0.15) is 15.9 Å². The van der Waals surface area contributed by atoms with E-state index >= 15 is 0 Å². The van der Waals surface area contributed by atoms with Crippen LogP contribution in [0.5, 0.6) is 0 Å². The van der Waals surface area contributed by atoms with Crippen molar-refractivity contribution in [1.29, 1.82) is 0 Å². The first-order valence-corrected chi connectivity index (χ1v) is 8.95. The van der Waals surface area contributed by atoms with Crippen molar-refractivity contribution in [3.63, 3.8) is 0 Å². The molecule has 3 amide bonds. The van der Waals surface area contributed by atoms with Crippen molar-refractivity contribution >= 4 is 17.9 Å². The number of hydrogen-bond donors (Lipinski definition) is 0. The topological polar surface area (TPSA) is 66.9 Å². The summed E-state index contributed by atoms with van der Waals surface area (Å²) in [6, 6.07) is 15.8. The molecule has 4 rings (SSSR count). The Balaban J connectivity index is 1.35. The molecule has 0 bridgehead atoms. The van der Waals surface area contributed by atoms with Gasteiger partial charge in [0.05, 0.1) is 0 Å². The van der Waals surface area contributed by atoms with Gasteiger partial charge in [0.25, 0.3) is 11.8 Å². The maximum absolute atomic E-state index is 12.6. The zero-order valence-electron chi connectivity index (χ0n) is 15.1. The average Bonchev–Trinajstić information content (AvgIpc) is 2.96. The SMILES string of the molecule is Cc1ccc(-c2ccc(C(=O)N3CC(CN4C(=O)COC4=O)C3)cc2)cc1. The Labute approximate surface area is 157 Å². The van der Waals surface area contributed by atoms with E-state index < -0.39 is 6.09 Å². The highest BCUT2D eigenvalue weighted by Crippen LogP contribution is 2.24. The van der Waals surface area contributed by atoms with E-state index in [0.29, 0.717) is 25.2 Å². The van der Waals surface area contributed by atoms with Crippen LogP contribution in [0.3, 0.4) is 0 Å². The molecule has 0 unspecified atom stereocenters. The van der Waals surface area contributed by atoms with Crippen LogP contribution < -0.4 is 0 Å². The maximum atomic E-state index is 12.6. The summed E-state index contributed by atoms with van der Waals surface area (Å²) in [5, 5.41) is 0. The Kier molecular flexibility index (Phi) is 4.39. The van der Waals surface area contributed by atoms with Gasteiger partial charge in [-0.15, -0.1) is 0 Å². The van der Waals surface area contributed by atoms with Crippen molar-refractivity contribution in [3.05, 3.63) is 59.7 Å². The minimum Gasteiger partial charge on any atom is -0.439 e. The summed E-state index contributed by atoms with van der Waals surface area (Å²) in [7, 11) is 0. The summed E-state index contributed by atoms with van der Waals surface area (Å²) in [6.07, 6.45) is -0.587. The van der Waals surface area contributed by atoms with Crippen molar-refractivity contribution in [2.75, 3.05) is 26.2 Å². The quantitative estimate of drug-likeness (QED) is 0.837. The summed E-state index contributed by atoms with van der Waals surface area (Å²) >= 11 is 0. The Bertz CT molecular complexity index is 867. The number of amides is 3. The van der Waals surface area contributed by atoms with Gasteiger partial charge in [0.1, 0.15) is 0 Å². The molecule has 0 spiro atoms. The number of ether oxygens (including phenoxy) is 1. The molecule has 0 aromatic heterocycles. The van der Waals surface area contributed by atoms with Gasteiger partial charge in [0.2, 0.25) is 0 Å². The fourth-order valence-electron chi connectivity index (χ4n) is 3.40. The minimum absolute atomic E-state index is 0.0305. The lowest BCUT2D eigenvalue weighted by atomic mass is 9.97. The lowest BCUT2D eigenvalue weighted by Crippen LogP contribution is -2.54. The van der Waals surface area contributed by atoms with Crippen molar-refractivity contribution in [3.8, 4) is 11.1 Å². The molecule has 2 aliphatic rings. The highest BCUT2D eigenvalue weighted by atomic mass is 16.6. The standard InChI is InChI=1S/C21H20N2O4/c1-14-2-4-16(5-3-14)17-6-8-18(9-7-17)20(25)22-10-15(11-22)12-23-19(24)13-27-21(23)26/h2-9,15H,10-13H2,1H3. The Morgan fingerprint density at radius 2 is 1.59 bits per heavy atom. The Morgan fingerprint density at radius 1 is 1.00 bits per heavy atom. The zero-order chi connectivity index (χ0) is 19.0. The van der Waals surface area contributed by atoms with E-state index in [1.165, 1.54) is 5.56 Å².